The summed E-state index contributed by atoms with van der Waals surface area (Å²) in [7, 11) is -8.52. The Hall–Kier alpha value is -4.74. The fourth-order valence-electron chi connectivity index (χ4n) is 4.98. The van der Waals surface area contributed by atoms with Gasteiger partial charge in [-0.05, 0) is 47.5 Å². The molecule has 2 heterocycles. The Morgan fingerprint density at radius 2 is 0.828 bits per heavy atom. The first-order valence-corrected chi connectivity index (χ1v) is 19.7. The zero-order chi connectivity index (χ0) is 39.4. The molecule has 0 amide bonds. The number of nitrogens with two attached hydrogens (primary N) is 2. The van der Waals surface area contributed by atoms with E-state index >= 15 is 0 Å². The van der Waals surface area contributed by atoms with E-state index < -0.39 is 20.2 Å². The first-order valence-electron chi connectivity index (χ1n) is 16.8. The average molecular weight is 845 g/mol. The van der Waals surface area contributed by atoms with Crippen LogP contribution in [0.4, 0.5) is 47.1 Å². The number of hydrogen-bond donors (Lipinski definition) is 6. The van der Waals surface area contributed by atoms with Crippen LogP contribution in [0.1, 0.15) is 11.1 Å². The summed E-state index contributed by atoms with van der Waals surface area (Å²) in [6, 6.07) is 30.7. The molecular weight excluding hydrogens is 807 g/mol. The van der Waals surface area contributed by atoms with Crippen molar-refractivity contribution >= 4 is 139 Å². The van der Waals surface area contributed by atoms with Gasteiger partial charge in [-0.25, -0.2) is 0 Å². The Balaban J connectivity index is 0.00000372. The standard InChI is InChI=1S/C36H36N12O6S2.2Na.2H/c37-31-43-33(47-35(45-31)41-27-13-3-1-4-14-27)39-21-23-53-55(49,50)29-17-9-7-11-25(29)19-20-26-12-8-10-18-30(26)56(51,52)54-24-22-40-34-44-32(38)46-36(48-34)42-28-15-5-2-6-16-28;;;;/h1-20H,21-24H2,(H4,37,39,41,43,45,47)(H4,38,40,42,44,46,48);;;;. The minimum atomic E-state index is -4.26. The van der Waals surface area contributed by atoms with Crippen LogP contribution in [0.5, 0.6) is 0 Å². The number of hydrogen-bond acceptors (Lipinski definition) is 18. The summed E-state index contributed by atoms with van der Waals surface area (Å²) < 4.78 is 63.7. The SMILES string of the molecule is Nc1nc(NCCOS(=O)(=O)c2ccccc2C=Cc2ccccc2S(=O)(=O)OCCNc2nc(N)nc(Nc3ccccc3)n2)nc(Nc2ccccc2)n1.[NaH].[NaH]. The van der Waals surface area contributed by atoms with Gasteiger partial charge in [-0.2, -0.15) is 46.7 Å². The van der Waals surface area contributed by atoms with Gasteiger partial charge in [0.1, 0.15) is 9.79 Å². The first kappa shape index (κ1) is 46.0. The molecule has 0 saturated carbocycles. The topological polar surface area (TPSA) is 264 Å². The number of anilines is 8. The van der Waals surface area contributed by atoms with Crippen LogP contribution in [-0.2, 0) is 28.6 Å². The molecule has 8 N–H and O–H groups in total. The van der Waals surface area contributed by atoms with Crippen LogP contribution < -0.4 is 32.7 Å². The number of para-hydroxylation sites is 2. The summed E-state index contributed by atoms with van der Waals surface area (Å²) in [6.45, 7) is -0.509. The Morgan fingerprint density at radius 3 is 1.22 bits per heavy atom. The predicted octanol–water partition coefficient (Wildman–Crippen LogP) is 3.22. The maximum absolute atomic E-state index is 13.3. The number of nitrogens with one attached hydrogen (secondary N) is 4. The summed E-state index contributed by atoms with van der Waals surface area (Å²) in [4.78, 5) is 24.5. The van der Waals surface area contributed by atoms with Crippen LogP contribution >= 0.6 is 0 Å². The van der Waals surface area contributed by atoms with Crippen LogP contribution in [0.2, 0.25) is 0 Å². The van der Waals surface area contributed by atoms with E-state index in [2.05, 4.69) is 51.2 Å². The Labute approximate surface area is 379 Å². The van der Waals surface area contributed by atoms with E-state index in [-0.39, 0.29) is 142 Å². The first-order chi connectivity index (χ1) is 27.0. The Kier molecular flexibility index (Phi) is 17.3. The monoisotopic (exact) mass is 844 g/mol. The van der Waals surface area contributed by atoms with Crippen LogP contribution in [0.15, 0.2) is 119 Å². The summed E-state index contributed by atoms with van der Waals surface area (Å²) in [5.74, 6) is 0.558. The van der Waals surface area contributed by atoms with Gasteiger partial charge >= 0.3 is 59.1 Å². The molecule has 0 unspecified atom stereocenters. The summed E-state index contributed by atoms with van der Waals surface area (Å²) in [5, 5.41) is 11.8. The van der Waals surface area contributed by atoms with Gasteiger partial charge in [-0.3, -0.25) is 8.37 Å². The molecule has 0 radical (unpaired) electrons. The van der Waals surface area contributed by atoms with Crippen LogP contribution in [0.25, 0.3) is 12.2 Å². The molecule has 0 fully saturated rings. The van der Waals surface area contributed by atoms with Crippen molar-refractivity contribution in [2.24, 2.45) is 0 Å². The molecule has 292 valence electrons. The van der Waals surface area contributed by atoms with Gasteiger partial charge < -0.3 is 32.7 Å². The van der Waals surface area contributed by atoms with Crippen molar-refractivity contribution in [2.45, 2.75) is 9.79 Å². The molecule has 22 heteroatoms. The van der Waals surface area contributed by atoms with Crippen molar-refractivity contribution in [2.75, 3.05) is 59.0 Å². The third-order valence-corrected chi connectivity index (χ3v) is 10.2. The molecule has 0 spiro atoms. The van der Waals surface area contributed by atoms with Gasteiger partial charge in [0.05, 0.1) is 13.2 Å². The molecule has 0 bridgehead atoms. The van der Waals surface area contributed by atoms with E-state index in [9.17, 15) is 16.8 Å². The molecule has 2 aromatic heterocycles. The van der Waals surface area contributed by atoms with Crippen molar-refractivity contribution in [3.05, 3.63) is 120 Å². The van der Waals surface area contributed by atoms with Gasteiger partial charge in [0.15, 0.2) is 0 Å². The molecule has 0 aliphatic heterocycles. The van der Waals surface area contributed by atoms with E-state index in [1.807, 2.05) is 60.7 Å². The zero-order valence-corrected chi connectivity index (χ0v) is 31.1. The summed E-state index contributed by atoms with van der Waals surface area (Å²) >= 11 is 0. The van der Waals surface area contributed by atoms with Crippen LogP contribution in [-0.4, -0.2) is 132 Å². The van der Waals surface area contributed by atoms with E-state index in [1.54, 1.807) is 36.4 Å². The molecule has 6 aromatic rings. The van der Waals surface area contributed by atoms with Crippen molar-refractivity contribution in [3.63, 3.8) is 0 Å². The molecule has 58 heavy (non-hydrogen) atoms. The fraction of sp³-hybridized carbons (Fsp3) is 0.111. The van der Waals surface area contributed by atoms with E-state index in [1.165, 1.54) is 24.3 Å². The van der Waals surface area contributed by atoms with Gasteiger partial charge in [-0.15, -0.1) is 0 Å². The zero-order valence-electron chi connectivity index (χ0n) is 29.5. The predicted molar refractivity (Wildman–Crippen MR) is 227 cm³/mol. The van der Waals surface area contributed by atoms with Crippen molar-refractivity contribution in [3.8, 4) is 0 Å². The van der Waals surface area contributed by atoms with Crippen molar-refractivity contribution in [1.29, 1.82) is 0 Å². The number of nitrogens with zero attached hydrogens (tertiary/aromatic N) is 6. The quantitative estimate of drug-likeness (QED) is 0.0314. The molecule has 0 aliphatic rings. The molecule has 0 saturated heterocycles. The number of rotatable bonds is 18. The second kappa shape index (κ2) is 21.9. The average Bonchev–Trinajstić information content (AvgIpc) is 3.18. The third kappa shape index (κ3) is 13.4. The van der Waals surface area contributed by atoms with E-state index in [0.29, 0.717) is 0 Å². The number of benzene rings is 4. The molecule has 0 aliphatic carbocycles. The number of nitrogen functional groups attached to an aromatic ring is 2. The Morgan fingerprint density at radius 1 is 0.483 bits per heavy atom. The maximum atomic E-state index is 13.3. The fourth-order valence-corrected chi connectivity index (χ4v) is 7.18. The summed E-state index contributed by atoms with van der Waals surface area (Å²) in [6.07, 6.45) is 2.96. The Bertz CT molecular complexity index is 2350. The van der Waals surface area contributed by atoms with Crippen molar-refractivity contribution < 1.29 is 25.2 Å². The van der Waals surface area contributed by atoms with Gasteiger partial charge in [0, 0.05) is 24.5 Å². The second-order valence-corrected chi connectivity index (χ2v) is 14.6. The molecule has 4 aromatic carbocycles. The normalized spacial score (nSPS) is 11.2. The minimum absolute atomic E-state index is 0. The van der Waals surface area contributed by atoms with Gasteiger partial charge in [0.25, 0.3) is 20.2 Å². The second-order valence-electron chi connectivity index (χ2n) is 11.5. The van der Waals surface area contributed by atoms with Crippen molar-refractivity contribution in [1.82, 2.24) is 29.9 Å². The van der Waals surface area contributed by atoms with E-state index in [0.717, 1.165) is 11.4 Å². The molecular formula is C36H38N12Na2O6S2. The third-order valence-electron chi connectivity index (χ3n) is 7.43. The van der Waals surface area contributed by atoms with Crippen LogP contribution in [0, 0.1) is 0 Å². The molecule has 18 nitrogen and oxygen atoms in total. The number of aromatic nitrogens is 6. The summed E-state index contributed by atoms with van der Waals surface area (Å²) in [5.41, 5.74) is 13.7. The van der Waals surface area contributed by atoms with E-state index in [4.69, 9.17) is 19.8 Å². The van der Waals surface area contributed by atoms with Crippen LogP contribution in [0.3, 0.4) is 0 Å². The molecule has 0 atom stereocenters. The van der Waals surface area contributed by atoms with Gasteiger partial charge in [0.2, 0.25) is 35.7 Å². The van der Waals surface area contributed by atoms with Gasteiger partial charge in [-0.1, -0.05) is 84.9 Å². The molecule has 6 rings (SSSR count).